The number of hydrogen-bond acceptors (Lipinski definition) is 3. The minimum Gasteiger partial charge on any atom is -0.389 e. The summed E-state index contributed by atoms with van der Waals surface area (Å²) in [6, 6.07) is 0. The predicted molar refractivity (Wildman–Crippen MR) is 64.1 cm³/mol. The molecule has 0 bridgehead atoms. The van der Waals surface area contributed by atoms with E-state index in [9.17, 15) is 5.11 Å². The van der Waals surface area contributed by atoms with Crippen molar-refractivity contribution in [1.82, 2.24) is 5.32 Å². The number of ether oxygens (including phenoxy) is 1. The average Bonchev–Trinajstić information content (AvgIpc) is 2.13. The number of aliphatic hydroxyl groups excluding tert-OH is 1. The minimum absolute atomic E-state index is 0.0587. The van der Waals surface area contributed by atoms with E-state index in [0.717, 1.165) is 13.0 Å². The number of rotatable bonds is 8. The van der Waals surface area contributed by atoms with Gasteiger partial charge in [-0.05, 0) is 27.2 Å². The number of hydrogen-bond donors (Lipinski definition) is 2. The van der Waals surface area contributed by atoms with Gasteiger partial charge in [-0.15, -0.1) is 0 Å². The molecule has 0 spiro atoms. The minimum atomic E-state index is -0.397. The first-order valence-electron chi connectivity index (χ1n) is 5.96. The quantitative estimate of drug-likeness (QED) is 0.611. The molecule has 0 saturated carbocycles. The highest BCUT2D eigenvalue weighted by Crippen LogP contribution is 1.99. The largest absolute Gasteiger partial charge is 0.389 e. The standard InChI is InChI=1S/C12H27NO2/c1-5-6-7-8-15-10-11(14)9-13-12(2,3)4/h11,13-14H,5-10H2,1-4H3. The third-order valence-corrected chi connectivity index (χ3v) is 2.07. The fourth-order valence-electron chi connectivity index (χ4n) is 1.16. The van der Waals surface area contributed by atoms with Crippen LogP contribution in [-0.2, 0) is 4.74 Å². The molecule has 0 fully saturated rings. The van der Waals surface area contributed by atoms with Crippen LogP contribution in [0.1, 0.15) is 47.0 Å². The van der Waals surface area contributed by atoms with Gasteiger partial charge in [0.05, 0.1) is 12.7 Å². The molecule has 0 aromatic heterocycles. The summed E-state index contributed by atoms with van der Waals surface area (Å²) in [6.45, 7) is 10.2. The molecule has 0 aromatic rings. The van der Waals surface area contributed by atoms with Crippen LogP contribution in [0.5, 0.6) is 0 Å². The van der Waals surface area contributed by atoms with Crippen LogP contribution in [0.2, 0.25) is 0 Å². The van der Waals surface area contributed by atoms with Crippen LogP contribution in [0.25, 0.3) is 0 Å². The first-order valence-corrected chi connectivity index (χ1v) is 5.96. The first kappa shape index (κ1) is 14.9. The smallest absolute Gasteiger partial charge is 0.0897 e. The third kappa shape index (κ3) is 11.8. The number of aliphatic hydroxyl groups is 1. The molecule has 0 heterocycles. The van der Waals surface area contributed by atoms with Crippen molar-refractivity contribution in [2.75, 3.05) is 19.8 Å². The lowest BCUT2D eigenvalue weighted by atomic mass is 10.1. The van der Waals surface area contributed by atoms with Crippen LogP contribution < -0.4 is 5.32 Å². The van der Waals surface area contributed by atoms with E-state index in [4.69, 9.17) is 4.74 Å². The molecule has 2 N–H and O–H groups in total. The Hall–Kier alpha value is -0.120. The maximum absolute atomic E-state index is 9.58. The Kier molecular flexibility index (Phi) is 8.02. The van der Waals surface area contributed by atoms with Crippen LogP contribution >= 0.6 is 0 Å². The lowest BCUT2D eigenvalue weighted by Crippen LogP contribution is -2.42. The van der Waals surface area contributed by atoms with Gasteiger partial charge in [0.1, 0.15) is 0 Å². The predicted octanol–water partition coefficient (Wildman–Crippen LogP) is 1.94. The van der Waals surface area contributed by atoms with Crippen molar-refractivity contribution >= 4 is 0 Å². The van der Waals surface area contributed by atoms with Gasteiger partial charge < -0.3 is 15.2 Å². The average molecular weight is 217 g/mol. The van der Waals surface area contributed by atoms with Gasteiger partial charge in [0.15, 0.2) is 0 Å². The molecule has 1 unspecified atom stereocenters. The molecule has 3 nitrogen and oxygen atoms in total. The number of β-amino-alcohol motifs (C(OH)–C–C–N with tert-alkyl or cyclic N) is 1. The zero-order valence-corrected chi connectivity index (χ0v) is 10.7. The van der Waals surface area contributed by atoms with Gasteiger partial charge in [0, 0.05) is 18.7 Å². The summed E-state index contributed by atoms with van der Waals surface area (Å²) in [5.74, 6) is 0. The second-order valence-corrected chi connectivity index (χ2v) is 5.07. The maximum Gasteiger partial charge on any atom is 0.0897 e. The van der Waals surface area contributed by atoms with Crippen LogP contribution in [0.4, 0.5) is 0 Å². The first-order chi connectivity index (χ1) is 6.95. The topological polar surface area (TPSA) is 41.5 Å². The van der Waals surface area contributed by atoms with Crippen LogP contribution in [0, 0.1) is 0 Å². The highest BCUT2D eigenvalue weighted by molar-refractivity contribution is 4.72. The molecular weight excluding hydrogens is 190 g/mol. The number of unbranched alkanes of at least 4 members (excludes halogenated alkanes) is 2. The Morgan fingerprint density at radius 1 is 1.27 bits per heavy atom. The molecule has 0 aliphatic rings. The van der Waals surface area contributed by atoms with Crippen molar-refractivity contribution in [3.63, 3.8) is 0 Å². The fraction of sp³-hybridized carbons (Fsp3) is 1.00. The summed E-state index contributed by atoms with van der Waals surface area (Å²) in [4.78, 5) is 0. The lowest BCUT2D eigenvalue weighted by molar-refractivity contribution is 0.0327. The van der Waals surface area contributed by atoms with Gasteiger partial charge in [0.25, 0.3) is 0 Å². The third-order valence-electron chi connectivity index (χ3n) is 2.07. The number of nitrogens with one attached hydrogen (secondary N) is 1. The molecule has 15 heavy (non-hydrogen) atoms. The summed E-state index contributed by atoms with van der Waals surface area (Å²) in [6.07, 6.45) is 3.11. The molecule has 3 heteroatoms. The van der Waals surface area contributed by atoms with Gasteiger partial charge in [-0.1, -0.05) is 19.8 Å². The molecule has 1 atom stereocenters. The molecular formula is C12H27NO2. The lowest BCUT2D eigenvalue weighted by Gasteiger charge is -2.22. The summed E-state index contributed by atoms with van der Waals surface area (Å²) in [5, 5.41) is 12.8. The summed E-state index contributed by atoms with van der Waals surface area (Å²) in [7, 11) is 0. The van der Waals surface area contributed by atoms with Gasteiger partial charge >= 0.3 is 0 Å². The molecule has 0 amide bonds. The van der Waals surface area contributed by atoms with Crippen molar-refractivity contribution in [3.05, 3.63) is 0 Å². The van der Waals surface area contributed by atoms with Crippen molar-refractivity contribution in [2.45, 2.75) is 58.6 Å². The van der Waals surface area contributed by atoms with E-state index in [2.05, 4.69) is 33.0 Å². The second-order valence-electron chi connectivity index (χ2n) is 5.07. The van der Waals surface area contributed by atoms with E-state index in [-0.39, 0.29) is 5.54 Å². The van der Waals surface area contributed by atoms with Gasteiger partial charge in [-0.25, -0.2) is 0 Å². The normalized spacial score (nSPS) is 14.2. The van der Waals surface area contributed by atoms with Gasteiger partial charge in [-0.3, -0.25) is 0 Å². The van der Waals surface area contributed by atoms with Crippen molar-refractivity contribution in [1.29, 1.82) is 0 Å². The fourth-order valence-corrected chi connectivity index (χ4v) is 1.16. The van der Waals surface area contributed by atoms with Crippen molar-refractivity contribution in [3.8, 4) is 0 Å². The maximum atomic E-state index is 9.58. The van der Waals surface area contributed by atoms with Gasteiger partial charge in [0.2, 0.25) is 0 Å². The second kappa shape index (κ2) is 8.08. The Bertz CT molecular complexity index is 143. The Labute approximate surface area is 94.2 Å². The molecule has 0 radical (unpaired) electrons. The van der Waals surface area contributed by atoms with Crippen LogP contribution in [0.3, 0.4) is 0 Å². The van der Waals surface area contributed by atoms with Gasteiger partial charge in [-0.2, -0.15) is 0 Å². The SMILES string of the molecule is CCCCCOCC(O)CNC(C)(C)C. The molecule has 92 valence electrons. The van der Waals surface area contributed by atoms with Crippen molar-refractivity contribution < 1.29 is 9.84 Å². The van der Waals surface area contributed by atoms with E-state index in [1.165, 1.54) is 12.8 Å². The monoisotopic (exact) mass is 217 g/mol. The zero-order chi connectivity index (χ0) is 11.7. The zero-order valence-electron chi connectivity index (χ0n) is 10.7. The van der Waals surface area contributed by atoms with E-state index >= 15 is 0 Å². The molecule has 0 rings (SSSR count). The summed E-state index contributed by atoms with van der Waals surface area (Å²) in [5.41, 5.74) is 0.0587. The highest BCUT2D eigenvalue weighted by Gasteiger charge is 2.11. The van der Waals surface area contributed by atoms with Crippen LogP contribution in [0.15, 0.2) is 0 Å². The molecule has 0 aromatic carbocycles. The van der Waals surface area contributed by atoms with E-state index < -0.39 is 6.10 Å². The molecule has 0 aliphatic carbocycles. The Morgan fingerprint density at radius 3 is 2.47 bits per heavy atom. The van der Waals surface area contributed by atoms with Crippen molar-refractivity contribution in [2.24, 2.45) is 0 Å². The van der Waals surface area contributed by atoms with E-state index in [1.54, 1.807) is 0 Å². The molecule has 0 aliphatic heterocycles. The van der Waals surface area contributed by atoms with E-state index in [1.807, 2.05) is 0 Å². The summed E-state index contributed by atoms with van der Waals surface area (Å²) >= 11 is 0. The Morgan fingerprint density at radius 2 is 1.93 bits per heavy atom. The van der Waals surface area contributed by atoms with Crippen LogP contribution in [-0.4, -0.2) is 36.5 Å². The highest BCUT2D eigenvalue weighted by atomic mass is 16.5. The van der Waals surface area contributed by atoms with E-state index in [0.29, 0.717) is 13.2 Å². The Balaban J connectivity index is 3.30. The molecule has 0 saturated heterocycles. The summed E-state index contributed by atoms with van der Waals surface area (Å²) < 4.78 is 5.37.